The average Bonchev–Trinajstić information content (AvgIpc) is 2.86. The van der Waals surface area contributed by atoms with Gasteiger partial charge in [-0.05, 0) is 43.1 Å². The van der Waals surface area contributed by atoms with E-state index in [1.54, 1.807) is 0 Å². The Morgan fingerprint density at radius 3 is 2.65 bits per heavy atom. The molecule has 3 rings (SSSR count). The molecule has 0 saturated heterocycles. The molecule has 2 heteroatoms. The van der Waals surface area contributed by atoms with E-state index in [1.807, 2.05) is 0 Å². The number of benzene rings is 2. The second-order valence-electron chi connectivity index (χ2n) is 5.83. The van der Waals surface area contributed by atoms with Gasteiger partial charge in [-0.25, -0.2) is 0 Å². The topological polar surface area (TPSA) is 15.3 Å². The highest BCUT2D eigenvalue weighted by Gasteiger charge is 2.10. The van der Waals surface area contributed by atoms with Crippen molar-refractivity contribution >= 4 is 5.69 Å². The maximum absolute atomic E-state index is 3.45. The molecule has 2 aromatic rings. The Labute approximate surface area is 121 Å². The van der Waals surface area contributed by atoms with Crippen LogP contribution < -0.4 is 5.32 Å². The van der Waals surface area contributed by atoms with Gasteiger partial charge in [-0.3, -0.25) is 4.90 Å². The summed E-state index contributed by atoms with van der Waals surface area (Å²) in [5, 5.41) is 3.45. The number of nitrogens with zero attached hydrogens (tertiary/aromatic N) is 1. The van der Waals surface area contributed by atoms with Crippen molar-refractivity contribution in [3.63, 3.8) is 0 Å². The third-order valence-corrected chi connectivity index (χ3v) is 3.87. The number of hydrogen-bond acceptors (Lipinski definition) is 2. The zero-order valence-electron chi connectivity index (χ0n) is 12.3. The van der Waals surface area contributed by atoms with Crippen LogP contribution in [0, 0.1) is 6.92 Å². The molecule has 0 unspecified atom stereocenters. The smallest absolute Gasteiger partial charge is 0.0376 e. The first-order valence-corrected chi connectivity index (χ1v) is 7.30. The van der Waals surface area contributed by atoms with Crippen LogP contribution >= 0.6 is 0 Å². The highest BCUT2D eigenvalue weighted by molar-refractivity contribution is 5.57. The van der Waals surface area contributed by atoms with E-state index in [1.165, 1.54) is 27.9 Å². The van der Waals surface area contributed by atoms with Crippen LogP contribution in [0.1, 0.15) is 22.3 Å². The molecule has 0 saturated carbocycles. The lowest BCUT2D eigenvalue weighted by Crippen LogP contribution is -2.17. The van der Waals surface area contributed by atoms with Crippen molar-refractivity contribution in [2.45, 2.75) is 26.4 Å². The van der Waals surface area contributed by atoms with E-state index in [9.17, 15) is 0 Å². The minimum Gasteiger partial charge on any atom is -0.384 e. The predicted octanol–water partition coefficient (Wildman–Crippen LogP) is 3.60. The largest absolute Gasteiger partial charge is 0.384 e. The van der Waals surface area contributed by atoms with Crippen LogP contribution in [0.25, 0.3) is 0 Å². The minimum atomic E-state index is 0.989. The number of anilines is 1. The fourth-order valence-electron chi connectivity index (χ4n) is 2.93. The van der Waals surface area contributed by atoms with Crippen molar-refractivity contribution in [1.29, 1.82) is 0 Å². The summed E-state index contributed by atoms with van der Waals surface area (Å²) >= 11 is 0. The van der Waals surface area contributed by atoms with E-state index in [0.717, 1.165) is 26.1 Å². The fourth-order valence-corrected chi connectivity index (χ4v) is 2.93. The van der Waals surface area contributed by atoms with Gasteiger partial charge < -0.3 is 5.32 Å². The Morgan fingerprint density at radius 2 is 1.85 bits per heavy atom. The van der Waals surface area contributed by atoms with Gasteiger partial charge in [0.25, 0.3) is 0 Å². The third kappa shape index (κ3) is 3.02. The van der Waals surface area contributed by atoms with Crippen molar-refractivity contribution < 1.29 is 0 Å². The van der Waals surface area contributed by atoms with Crippen molar-refractivity contribution in [3.05, 3.63) is 64.7 Å². The molecule has 1 heterocycles. The van der Waals surface area contributed by atoms with Gasteiger partial charge in [-0.2, -0.15) is 0 Å². The van der Waals surface area contributed by atoms with Crippen LogP contribution in [0.4, 0.5) is 5.69 Å². The Kier molecular flexibility index (Phi) is 3.75. The van der Waals surface area contributed by atoms with Gasteiger partial charge in [0.15, 0.2) is 0 Å². The maximum Gasteiger partial charge on any atom is 0.0376 e. The van der Waals surface area contributed by atoms with Gasteiger partial charge >= 0.3 is 0 Å². The molecule has 0 aromatic heterocycles. The molecule has 2 aromatic carbocycles. The fraction of sp³-hybridized carbons (Fsp3) is 0.333. The molecule has 0 fully saturated rings. The lowest BCUT2D eigenvalue weighted by Gasteiger charge is -2.17. The maximum atomic E-state index is 3.45. The molecule has 2 nitrogen and oxygen atoms in total. The summed E-state index contributed by atoms with van der Waals surface area (Å²) in [4.78, 5) is 2.37. The summed E-state index contributed by atoms with van der Waals surface area (Å²) in [7, 11) is 2.18. The van der Waals surface area contributed by atoms with Gasteiger partial charge in [0.05, 0.1) is 0 Å². The standard InChI is InChI=1S/C18H22N2/c1-14-4-3-5-15(10-14)12-20(2)13-16-6-7-17-8-9-19-18(17)11-16/h3-7,10-11,19H,8-9,12-13H2,1-2H3. The van der Waals surface area contributed by atoms with Crippen LogP contribution in [-0.2, 0) is 19.5 Å². The van der Waals surface area contributed by atoms with Gasteiger partial charge in [-0.15, -0.1) is 0 Å². The summed E-state index contributed by atoms with van der Waals surface area (Å²) < 4.78 is 0. The molecule has 104 valence electrons. The first-order valence-electron chi connectivity index (χ1n) is 7.30. The molecular weight excluding hydrogens is 244 g/mol. The van der Waals surface area contributed by atoms with Gasteiger partial charge in [0.2, 0.25) is 0 Å². The second kappa shape index (κ2) is 5.68. The Balaban J connectivity index is 1.65. The molecule has 0 aliphatic carbocycles. The van der Waals surface area contributed by atoms with Crippen molar-refractivity contribution in [2.24, 2.45) is 0 Å². The Bertz CT molecular complexity index is 604. The van der Waals surface area contributed by atoms with E-state index < -0.39 is 0 Å². The molecule has 0 bridgehead atoms. The zero-order chi connectivity index (χ0) is 13.9. The summed E-state index contributed by atoms with van der Waals surface area (Å²) in [5.41, 5.74) is 6.87. The molecule has 1 aliphatic rings. The van der Waals surface area contributed by atoms with Crippen LogP contribution in [0.2, 0.25) is 0 Å². The second-order valence-corrected chi connectivity index (χ2v) is 5.83. The quantitative estimate of drug-likeness (QED) is 0.909. The first-order chi connectivity index (χ1) is 9.70. The van der Waals surface area contributed by atoms with Crippen LogP contribution in [0.5, 0.6) is 0 Å². The number of rotatable bonds is 4. The van der Waals surface area contributed by atoms with Crippen LogP contribution in [-0.4, -0.2) is 18.5 Å². The van der Waals surface area contributed by atoms with Crippen LogP contribution in [0.3, 0.4) is 0 Å². The van der Waals surface area contributed by atoms with E-state index in [0.29, 0.717) is 0 Å². The summed E-state index contributed by atoms with van der Waals surface area (Å²) in [6, 6.07) is 15.6. The lowest BCUT2D eigenvalue weighted by molar-refractivity contribution is 0.319. The van der Waals surface area contributed by atoms with Gasteiger partial charge in [0, 0.05) is 25.3 Å². The molecular formula is C18H22N2. The summed E-state index contributed by atoms with van der Waals surface area (Å²) in [6.45, 7) is 5.21. The number of aryl methyl sites for hydroxylation is 1. The van der Waals surface area contributed by atoms with Crippen LogP contribution in [0.15, 0.2) is 42.5 Å². The molecule has 0 spiro atoms. The third-order valence-electron chi connectivity index (χ3n) is 3.87. The molecule has 0 atom stereocenters. The van der Waals surface area contributed by atoms with Gasteiger partial charge in [0.1, 0.15) is 0 Å². The predicted molar refractivity (Wildman–Crippen MR) is 85.0 cm³/mol. The average molecular weight is 266 g/mol. The molecule has 1 aliphatic heterocycles. The van der Waals surface area contributed by atoms with E-state index in [-0.39, 0.29) is 0 Å². The molecule has 0 amide bonds. The summed E-state index contributed by atoms with van der Waals surface area (Å²) in [5.74, 6) is 0. The van der Waals surface area contributed by atoms with E-state index in [4.69, 9.17) is 0 Å². The highest BCUT2D eigenvalue weighted by Crippen LogP contribution is 2.23. The van der Waals surface area contributed by atoms with Crippen molar-refractivity contribution in [2.75, 3.05) is 18.9 Å². The summed E-state index contributed by atoms with van der Waals surface area (Å²) in [6.07, 6.45) is 1.16. The number of fused-ring (bicyclic) bond motifs is 1. The van der Waals surface area contributed by atoms with Gasteiger partial charge in [-0.1, -0.05) is 42.0 Å². The van der Waals surface area contributed by atoms with E-state index >= 15 is 0 Å². The monoisotopic (exact) mass is 266 g/mol. The molecule has 1 N–H and O–H groups in total. The molecule has 0 radical (unpaired) electrons. The normalized spacial score (nSPS) is 13.3. The zero-order valence-corrected chi connectivity index (χ0v) is 12.3. The van der Waals surface area contributed by atoms with Crippen molar-refractivity contribution in [1.82, 2.24) is 4.90 Å². The minimum absolute atomic E-state index is 0.989. The highest BCUT2D eigenvalue weighted by atomic mass is 15.1. The van der Waals surface area contributed by atoms with E-state index in [2.05, 4.69) is 66.7 Å². The Hall–Kier alpha value is -1.80. The SMILES string of the molecule is Cc1cccc(CN(C)Cc2ccc3c(c2)NCC3)c1. The Morgan fingerprint density at radius 1 is 1.05 bits per heavy atom. The number of hydrogen-bond donors (Lipinski definition) is 1. The first kappa shape index (κ1) is 13.2. The number of nitrogens with one attached hydrogen (secondary N) is 1. The lowest BCUT2D eigenvalue weighted by atomic mass is 10.1. The molecule has 20 heavy (non-hydrogen) atoms. The van der Waals surface area contributed by atoms with Crippen molar-refractivity contribution in [3.8, 4) is 0 Å².